The Bertz CT molecular complexity index is 729. The zero-order chi connectivity index (χ0) is 16.1. The van der Waals surface area contributed by atoms with Crippen LogP contribution in [-0.2, 0) is 4.79 Å². The third-order valence-electron chi connectivity index (χ3n) is 3.58. The molecule has 0 aliphatic carbocycles. The quantitative estimate of drug-likeness (QED) is 0.796. The predicted molar refractivity (Wildman–Crippen MR) is 82.9 cm³/mol. The first-order valence-corrected chi connectivity index (χ1v) is 7.41. The summed E-state index contributed by atoms with van der Waals surface area (Å²) in [5.41, 5.74) is 1.35. The number of aromatic nitrogens is 1. The Morgan fingerprint density at radius 2 is 2.05 bits per heavy atom. The van der Waals surface area contributed by atoms with E-state index in [1.165, 1.54) is 6.07 Å². The van der Waals surface area contributed by atoms with Gasteiger partial charge in [0, 0.05) is 32.0 Å². The first kappa shape index (κ1) is 16.0. The minimum Gasteiger partial charge on any atom is -0.408 e. The van der Waals surface area contributed by atoms with Gasteiger partial charge in [-0.2, -0.15) is 0 Å². The molecule has 0 unspecified atom stereocenters. The van der Waals surface area contributed by atoms with Gasteiger partial charge in [0.1, 0.15) is 0 Å². The summed E-state index contributed by atoms with van der Waals surface area (Å²) in [5, 5.41) is 0. The monoisotopic (exact) mass is 304 g/mol. The van der Waals surface area contributed by atoms with E-state index in [-0.39, 0.29) is 24.5 Å². The molecule has 118 valence electrons. The molecule has 0 radical (unpaired) electrons. The van der Waals surface area contributed by atoms with Crippen LogP contribution in [0.25, 0.3) is 11.1 Å². The standard InChI is InChI=1S/C16H20N2O4/c1-3-4-9-18(2)15(20)8-7-13(19)11-5-6-12-14(10-11)22-16(21)17-12/h5-6,10H,3-4,7-9H2,1-2H3,(H,17,21). The number of H-pyrrole nitrogens is 1. The van der Waals surface area contributed by atoms with E-state index in [4.69, 9.17) is 4.42 Å². The van der Waals surface area contributed by atoms with Crippen molar-refractivity contribution in [3.05, 3.63) is 34.3 Å². The molecule has 1 heterocycles. The van der Waals surface area contributed by atoms with Gasteiger partial charge in [-0.25, -0.2) is 4.79 Å². The van der Waals surface area contributed by atoms with Gasteiger partial charge in [-0.05, 0) is 24.6 Å². The Morgan fingerprint density at radius 1 is 1.27 bits per heavy atom. The lowest BCUT2D eigenvalue weighted by Gasteiger charge is -2.16. The number of rotatable bonds is 7. The Hall–Kier alpha value is -2.37. The lowest BCUT2D eigenvalue weighted by Crippen LogP contribution is -2.27. The summed E-state index contributed by atoms with van der Waals surface area (Å²) in [7, 11) is 1.75. The third-order valence-corrected chi connectivity index (χ3v) is 3.58. The second-order valence-electron chi connectivity index (χ2n) is 5.32. The van der Waals surface area contributed by atoms with Gasteiger partial charge < -0.3 is 9.32 Å². The average molecular weight is 304 g/mol. The van der Waals surface area contributed by atoms with Gasteiger partial charge in [-0.1, -0.05) is 13.3 Å². The topological polar surface area (TPSA) is 83.4 Å². The van der Waals surface area contributed by atoms with Crippen molar-refractivity contribution in [2.75, 3.05) is 13.6 Å². The van der Waals surface area contributed by atoms with E-state index in [0.717, 1.165) is 12.8 Å². The largest absolute Gasteiger partial charge is 0.417 e. The number of carbonyl (C=O) groups excluding carboxylic acids is 2. The summed E-state index contributed by atoms with van der Waals surface area (Å²) in [5.74, 6) is -0.716. The number of oxazole rings is 1. The lowest BCUT2D eigenvalue weighted by molar-refractivity contribution is -0.129. The van der Waals surface area contributed by atoms with Crippen molar-refractivity contribution in [3.8, 4) is 0 Å². The molecule has 22 heavy (non-hydrogen) atoms. The smallest absolute Gasteiger partial charge is 0.408 e. The first-order valence-electron chi connectivity index (χ1n) is 7.41. The molecule has 2 rings (SSSR count). The molecule has 0 fully saturated rings. The van der Waals surface area contributed by atoms with Crippen LogP contribution >= 0.6 is 0 Å². The maximum absolute atomic E-state index is 12.1. The highest BCUT2D eigenvalue weighted by Crippen LogP contribution is 2.14. The number of benzene rings is 1. The summed E-state index contributed by atoms with van der Waals surface area (Å²) in [6.07, 6.45) is 2.32. The van der Waals surface area contributed by atoms with Gasteiger partial charge in [0.2, 0.25) is 5.91 Å². The number of hydrogen-bond acceptors (Lipinski definition) is 4. The molecule has 0 spiro atoms. The van der Waals surface area contributed by atoms with E-state index in [9.17, 15) is 14.4 Å². The Kier molecular flexibility index (Phi) is 5.14. The summed E-state index contributed by atoms with van der Waals surface area (Å²) >= 11 is 0. The van der Waals surface area contributed by atoms with Crippen molar-refractivity contribution >= 4 is 22.8 Å². The molecule has 6 heteroatoms. The first-order chi connectivity index (χ1) is 10.5. The molecule has 0 saturated heterocycles. The fourth-order valence-electron chi connectivity index (χ4n) is 2.19. The minimum absolute atomic E-state index is 0.0314. The van der Waals surface area contributed by atoms with Gasteiger partial charge >= 0.3 is 5.76 Å². The highest BCUT2D eigenvalue weighted by atomic mass is 16.4. The van der Waals surface area contributed by atoms with Crippen molar-refractivity contribution in [1.82, 2.24) is 9.88 Å². The summed E-state index contributed by atoms with van der Waals surface area (Å²) in [6.45, 7) is 2.78. The second-order valence-corrected chi connectivity index (χ2v) is 5.32. The Labute approximate surface area is 128 Å². The number of hydrogen-bond donors (Lipinski definition) is 1. The van der Waals surface area contributed by atoms with Gasteiger partial charge in [-0.3, -0.25) is 14.6 Å². The number of fused-ring (bicyclic) bond motifs is 1. The number of aromatic amines is 1. The summed E-state index contributed by atoms with van der Waals surface area (Å²) in [4.78, 5) is 39.3. The van der Waals surface area contributed by atoms with Crippen LogP contribution < -0.4 is 5.76 Å². The lowest BCUT2D eigenvalue weighted by atomic mass is 10.1. The number of ketones is 1. The van der Waals surface area contributed by atoms with Gasteiger partial charge in [0.25, 0.3) is 0 Å². The molecule has 6 nitrogen and oxygen atoms in total. The van der Waals surface area contributed by atoms with Crippen LogP contribution in [0.5, 0.6) is 0 Å². The molecular weight excluding hydrogens is 284 g/mol. The molecule has 1 amide bonds. The van der Waals surface area contributed by atoms with Crippen LogP contribution in [0.3, 0.4) is 0 Å². The molecular formula is C16H20N2O4. The maximum Gasteiger partial charge on any atom is 0.417 e. The Balaban J connectivity index is 1.96. The van der Waals surface area contributed by atoms with Crippen LogP contribution in [0.15, 0.2) is 27.4 Å². The molecule has 0 bridgehead atoms. The normalized spacial score (nSPS) is 10.8. The number of carbonyl (C=O) groups is 2. The van der Waals surface area contributed by atoms with E-state index in [1.54, 1.807) is 24.1 Å². The molecule has 0 atom stereocenters. The van der Waals surface area contributed by atoms with Crippen LogP contribution in [0.2, 0.25) is 0 Å². The van der Waals surface area contributed by atoms with Crippen LogP contribution in [-0.4, -0.2) is 35.2 Å². The van der Waals surface area contributed by atoms with Crippen molar-refractivity contribution in [3.63, 3.8) is 0 Å². The molecule has 0 saturated carbocycles. The van der Waals surface area contributed by atoms with E-state index in [2.05, 4.69) is 11.9 Å². The van der Waals surface area contributed by atoms with Crippen LogP contribution in [0.1, 0.15) is 43.0 Å². The van der Waals surface area contributed by atoms with Crippen molar-refractivity contribution in [1.29, 1.82) is 0 Å². The van der Waals surface area contributed by atoms with Crippen molar-refractivity contribution in [2.24, 2.45) is 0 Å². The number of nitrogens with zero attached hydrogens (tertiary/aromatic N) is 1. The molecule has 2 aromatic rings. The average Bonchev–Trinajstić information content (AvgIpc) is 2.88. The minimum atomic E-state index is -0.549. The van der Waals surface area contributed by atoms with Gasteiger partial charge in [-0.15, -0.1) is 0 Å². The second kappa shape index (κ2) is 7.06. The zero-order valence-electron chi connectivity index (χ0n) is 12.8. The molecule has 0 aliphatic heterocycles. The van der Waals surface area contributed by atoms with Gasteiger partial charge in [0.15, 0.2) is 11.4 Å². The summed E-state index contributed by atoms with van der Waals surface area (Å²) in [6, 6.07) is 4.78. The fourth-order valence-corrected chi connectivity index (χ4v) is 2.19. The van der Waals surface area contributed by atoms with Crippen LogP contribution in [0, 0.1) is 0 Å². The molecule has 0 aliphatic rings. The number of nitrogens with one attached hydrogen (secondary N) is 1. The van der Waals surface area contributed by atoms with Gasteiger partial charge in [0.05, 0.1) is 5.52 Å². The molecule has 1 aromatic heterocycles. The SMILES string of the molecule is CCCCN(C)C(=O)CCC(=O)c1ccc2[nH]c(=O)oc2c1. The van der Waals surface area contributed by atoms with E-state index >= 15 is 0 Å². The summed E-state index contributed by atoms with van der Waals surface area (Å²) < 4.78 is 4.93. The number of unbranched alkanes of at least 4 members (excludes halogenated alkanes) is 1. The van der Waals surface area contributed by atoms with Crippen molar-refractivity contribution in [2.45, 2.75) is 32.6 Å². The maximum atomic E-state index is 12.1. The van der Waals surface area contributed by atoms with Crippen molar-refractivity contribution < 1.29 is 14.0 Å². The zero-order valence-corrected chi connectivity index (χ0v) is 12.8. The molecule has 1 N–H and O–H groups in total. The number of Topliss-reactive ketones (excluding diaryl/α,β-unsaturated/α-hetero) is 1. The predicted octanol–water partition coefficient (Wildman–Crippen LogP) is 2.34. The third kappa shape index (κ3) is 3.84. The number of amides is 1. The van der Waals surface area contributed by atoms with E-state index < -0.39 is 5.76 Å². The molecule has 1 aromatic carbocycles. The van der Waals surface area contributed by atoms with E-state index in [1.807, 2.05) is 0 Å². The highest BCUT2D eigenvalue weighted by molar-refractivity contribution is 6.00. The highest BCUT2D eigenvalue weighted by Gasteiger charge is 2.13. The Morgan fingerprint density at radius 3 is 2.77 bits per heavy atom. The van der Waals surface area contributed by atoms with E-state index in [0.29, 0.717) is 23.2 Å². The fraction of sp³-hybridized carbons (Fsp3) is 0.438. The van der Waals surface area contributed by atoms with Crippen LogP contribution in [0.4, 0.5) is 0 Å².